The Labute approximate surface area is 376 Å². The highest BCUT2D eigenvalue weighted by Gasteiger charge is 2.23. The number of aromatic carboxylic acids is 1. The molecule has 2 saturated heterocycles. The van der Waals surface area contributed by atoms with Crippen molar-refractivity contribution in [3.05, 3.63) is 136 Å². The van der Waals surface area contributed by atoms with Gasteiger partial charge in [0, 0.05) is 64.0 Å². The van der Waals surface area contributed by atoms with E-state index in [2.05, 4.69) is 48.0 Å². The lowest BCUT2D eigenvalue weighted by Gasteiger charge is -2.25. The summed E-state index contributed by atoms with van der Waals surface area (Å²) in [5, 5.41) is 42.8. The highest BCUT2D eigenvalue weighted by molar-refractivity contribution is 14.1. The molecule has 3 N–H and O–H groups in total. The number of carbonyl (C=O) groups excluding carboxylic acids is 2. The molecule has 2 aromatic carbocycles. The van der Waals surface area contributed by atoms with Crippen LogP contribution in [0, 0.1) is 23.8 Å². The van der Waals surface area contributed by atoms with Crippen LogP contribution in [-0.2, 0) is 13.1 Å². The molecule has 21 heteroatoms. The fraction of sp³-hybridized carbons (Fsp3) is 0.293. The predicted octanol–water partition coefficient (Wildman–Crippen LogP) is 8.59. The Hall–Kier alpha value is -6.20. The molecule has 0 aliphatic carbocycles. The molecule has 6 aromatic rings. The Morgan fingerprint density at radius 1 is 0.661 bits per heavy atom. The summed E-state index contributed by atoms with van der Waals surface area (Å²) in [5.74, 6) is -2.00. The molecular weight excluding hydrogens is 952 g/mol. The summed E-state index contributed by atoms with van der Waals surface area (Å²) in [4.78, 5) is 72.1. The van der Waals surface area contributed by atoms with Crippen LogP contribution >= 0.6 is 45.3 Å². The summed E-state index contributed by atoms with van der Waals surface area (Å²) in [5.41, 5.74) is 2.66. The number of nitrogens with one attached hydrogen (secondary N) is 2. The second-order valence-corrected chi connectivity index (χ2v) is 17.5. The van der Waals surface area contributed by atoms with E-state index in [-0.39, 0.29) is 34.9 Å². The van der Waals surface area contributed by atoms with Crippen molar-refractivity contribution >= 4 is 96.1 Å². The molecule has 2 amide bonds. The number of carboxylic acid groups (broad SMARTS) is 1. The van der Waals surface area contributed by atoms with Crippen LogP contribution < -0.4 is 20.4 Å². The number of hydrogen-bond donors (Lipinski definition) is 3. The average molecular weight is 993 g/mol. The monoisotopic (exact) mass is 992 g/mol. The summed E-state index contributed by atoms with van der Waals surface area (Å²) < 4.78 is 4.15. The topological polar surface area (TPSA) is 224 Å². The van der Waals surface area contributed by atoms with E-state index in [9.17, 15) is 34.6 Å². The first-order valence-corrected chi connectivity index (χ1v) is 22.5. The van der Waals surface area contributed by atoms with Crippen molar-refractivity contribution in [1.82, 2.24) is 19.1 Å². The number of carbonyl (C=O) groups is 3. The Balaban J connectivity index is 0.000000187. The molecule has 0 unspecified atom stereocenters. The van der Waals surface area contributed by atoms with Gasteiger partial charge in [-0.25, -0.2) is 14.8 Å². The smallest absolute Gasteiger partial charge is 0.335 e. The molecule has 0 radical (unpaired) electrons. The molecular formula is C41H41IN10O8S2. The molecule has 0 atom stereocenters. The minimum atomic E-state index is -1.07. The highest BCUT2D eigenvalue weighted by Crippen LogP contribution is 2.28. The Kier molecular flexibility index (Phi) is 14.2. The molecule has 2 fully saturated rings. The third-order valence-electron chi connectivity index (χ3n) is 10.1. The van der Waals surface area contributed by atoms with Crippen LogP contribution in [0.3, 0.4) is 0 Å². The van der Waals surface area contributed by atoms with Crippen molar-refractivity contribution in [2.75, 3.05) is 46.6 Å². The maximum atomic E-state index is 12.8. The number of halogens is 1. The van der Waals surface area contributed by atoms with Gasteiger partial charge in [-0.15, -0.1) is 22.7 Å². The quantitative estimate of drug-likeness (QED) is 0.0562. The van der Waals surface area contributed by atoms with Crippen LogP contribution in [0.25, 0.3) is 0 Å². The first-order chi connectivity index (χ1) is 29.9. The number of nitro groups is 2. The van der Waals surface area contributed by atoms with Gasteiger partial charge < -0.3 is 34.7 Å². The van der Waals surface area contributed by atoms with Crippen LogP contribution in [0.1, 0.15) is 81.2 Å². The largest absolute Gasteiger partial charge is 0.478 e. The number of nitrogens with zero attached hydrogens (tertiary/aromatic N) is 8. The zero-order valence-corrected chi connectivity index (χ0v) is 36.9. The number of piperidine rings is 2. The van der Waals surface area contributed by atoms with E-state index in [0.717, 1.165) is 64.2 Å². The van der Waals surface area contributed by atoms with Crippen LogP contribution in [0.15, 0.2) is 83.8 Å². The molecule has 6 heterocycles. The van der Waals surface area contributed by atoms with Gasteiger partial charge in [0.05, 0.1) is 52.3 Å². The molecule has 322 valence electrons. The van der Waals surface area contributed by atoms with Gasteiger partial charge in [0.15, 0.2) is 10.3 Å². The lowest BCUT2D eigenvalue weighted by atomic mass is 10.1. The predicted molar refractivity (Wildman–Crippen MR) is 245 cm³/mol. The van der Waals surface area contributed by atoms with E-state index in [4.69, 9.17) is 10.1 Å². The van der Waals surface area contributed by atoms with Gasteiger partial charge in [-0.2, -0.15) is 0 Å². The van der Waals surface area contributed by atoms with Gasteiger partial charge in [-0.3, -0.25) is 29.8 Å². The lowest BCUT2D eigenvalue weighted by Crippen LogP contribution is -2.29. The third kappa shape index (κ3) is 11.2. The van der Waals surface area contributed by atoms with Gasteiger partial charge in [0.2, 0.25) is 0 Å². The second-order valence-electron chi connectivity index (χ2n) is 14.6. The molecule has 2 aliphatic rings. The number of amides is 2. The zero-order valence-electron chi connectivity index (χ0n) is 33.1. The van der Waals surface area contributed by atoms with Gasteiger partial charge >= 0.3 is 5.97 Å². The highest BCUT2D eigenvalue weighted by atomic mass is 127. The van der Waals surface area contributed by atoms with Crippen LogP contribution in [-0.4, -0.2) is 78.0 Å². The number of aromatic nitrogens is 4. The number of carboxylic acids is 1. The van der Waals surface area contributed by atoms with E-state index in [1.54, 1.807) is 28.0 Å². The van der Waals surface area contributed by atoms with Crippen molar-refractivity contribution in [1.29, 1.82) is 0 Å². The number of rotatable bonds is 13. The number of anilines is 4. The van der Waals surface area contributed by atoms with E-state index < -0.39 is 27.6 Å². The normalized spacial score (nSPS) is 13.8. The van der Waals surface area contributed by atoms with Gasteiger partial charge in [-0.05, 0) is 110 Å². The Morgan fingerprint density at radius 3 is 1.45 bits per heavy atom. The van der Waals surface area contributed by atoms with E-state index >= 15 is 0 Å². The molecule has 8 rings (SSSR count). The number of benzene rings is 2. The summed E-state index contributed by atoms with van der Waals surface area (Å²) in [6.45, 7) is 4.47. The van der Waals surface area contributed by atoms with Crippen molar-refractivity contribution < 1.29 is 29.3 Å². The molecule has 4 aromatic heterocycles. The van der Waals surface area contributed by atoms with Crippen molar-refractivity contribution in [2.24, 2.45) is 0 Å². The van der Waals surface area contributed by atoms with E-state index in [1.807, 2.05) is 22.9 Å². The first-order valence-electron chi connectivity index (χ1n) is 19.7. The average Bonchev–Trinajstić information content (AvgIpc) is 4.11. The summed E-state index contributed by atoms with van der Waals surface area (Å²) in [6.07, 6.45) is 9.79. The van der Waals surface area contributed by atoms with Crippen molar-refractivity contribution in [3.63, 3.8) is 0 Å². The summed E-state index contributed by atoms with van der Waals surface area (Å²) >= 11 is 5.29. The second kappa shape index (κ2) is 20.1. The van der Waals surface area contributed by atoms with E-state index in [0.29, 0.717) is 17.9 Å². The summed E-state index contributed by atoms with van der Waals surface area (Å²) in [7, 11) is 0. The Bertz CT molecular complexity index is 2560. The fourth-order valence-corrected chi connectivity index (χ4v) is 9.10. The lowest BCUT2D eigenvalue weighted by molar-refractivity contribution is -0.385. The van der Waals surface area contributed by atoms with Gasteiger partial charge in [0.1, 0.15) is 11.4 Å². The van der Waals surface area contributed by atoms with Crippen LogP contribution in [0.4, 0.5) is 33.0 Å². The number of thiazole rings is 2. The molecule has 0 bridgehead atoms. The van der Waals surface area contributed by atoms with Crippen LogP contribution in [0.5, 0.6) is 0 Å². The molecule has 2 aliphatic heterocycles. The van der Waals surface area contributed by atoms with Crippen molar-refractivity contribution in [3.8, 4) is 0 Å². The Morgan fingerprint density at radius 2 is 1.06 bits per heavy atom. The minimum Gasteiger partial charge on any atom is -0.478 e. The summed E-state index contributed by atoms with van der Waals surface area (Å²) in [6, 6.07) is 15.6. The maximum absolute atomic E-state index is 12.8. The van der Waals surface area contributed by atoms with Gasteiger partial charge in [0.25, 0.3) is 23.2 Å². The van der Waals surface area contributed by atoms with Gasteiger partial charge in [-0.1, -0.05) is 0 Å². The maximum Gasteiger partial charge on any atom is 0.335 e. The minimum absolute atomic E-state index is 0.0926. The van der Waals surface area contributed by atoms with Crippen LogP contribution in [0.2, 0.25) is 0 Å². The third-order valence-corrected chi connectivity index (χ3v) is 12.8. The zero-order chi connectivity index (χ0) is 43.8. The molecule has 62 heavy (non-hydrogen) atoms. The standard InChI is InChI=1S/C21H21N5O5S.C20H20IN5O3S/c27-19(22-15-6-4-14(5-7-15)20(28)29)18-10-17(26(30)31)12-25(18)11-16-13-32-21(23-16)24-8-2-1-3-9-24;21-14-4-6-15(7-5-14)22-19(27)18-10-17(26(28)29)12-25(18)11-16-13-30-20(23-16)24-8-2-1-3-9-24/h4-7,10,12-13H,1-3,8-9,11H2,(H,22,27)(H,28,29);4-7,10,12-13H,1-3,8-9,11H2,(H,22,27). The number of hydrogen-bond acceptors (Lipinski definition) is 13. The first kappa shape index (κ1) is 43.9. The SMILES string of the molecule is O=C(Nc1ccc(I)cc1)c1cc([N+](=O)[O-])cn1Cc1csc(N2CCCCC2)n1.O=C(O)c1ccc(NC(=O)c2cc([N+](=O)[O-])cn2Cc2csc(N3CCCCC3)n2)cc1. The molecule has 18 nitrogen and oxygen atoms in total. The fourth-order valence-electron chi connectivity index (χ4n) is 7.00. The molecule has 0 saturated carbocycles. The molecule has 0 spiro atoms. The van der Waals surface area contributed by atoms with Crippen molar-refractivity contribution in [2.45, 2.75) is 51.6 Å². The van der Waals surface area contributed by atoms with E-state index in [1.165, 1.54) is 90.4 Å².